The smallest absolute Gasteiger partial charge is 0.335 e. The Hall–Kier alpha value is -3.16. The molecule has 0 radical (unpaired) electrons. The van der Waals surface area contributed by atoms with Gasteiger partial charge in [0.2, 0.25) is 0 Å². The number of nitriles is 1. The number of rotatable bonds is 7. The lowest BCUT2D eigenvalue weighted by Gasteiger charge is -2.06. The van der Waals surface area contributed by atoms with Gasteiger partial charge in [-0.3, -0.25) is 0 Å². The highest BCUT2D eigenvalue weighted by Crippen LogP contribution is 2.30. The molecule has 0 N–H and O–H groups in total. The van der Waals surface area contributed by atoms with Gasteiger partial charge < -0.3 is 4.74 Å². The maximum Gasteiger partial charge on any atom is 0.335 e. The number of benzene rings is 2. The number of hydrogen-bond donors (Lipinski definition) is 0. The van der Waals surface area contributed by atoms with E-state index in [0.717, 1.165) is 40.8 Å². The van der Waals surface area contributed by atoms with Crippen molar-refractivity contribution in [2.75, 3.05) is 0 Å². The highest BCUT2D eigenvalue weighted by molar-refractivity contribution is 7.16. The number of esters is 1. The van der Waals surface area contributed by atoms with Crippen LogP contribution < -0.4 is 4.74 Å². The van der Waals surface area contributed by atoms with Crippen LogP contribution in [0.1, 0.15) is 31.1 Å². The van der Waals surface area contributed by atoms with Gasteiger partial charge in [-0.25, -0.2) is 4.79 Å². The largest absolute Gasteiger partial charge is 0.423 e. The zero-order valence-corrected chi connectivity index (χ0v) is 16.5. The van der Waals surface area contributed by atoms with E-state index < -0.39 is 0 Å². The van der Waals surface area contributed by atoms with Gasteiger partial charge in [-0.15, -0.1) is 11.3 Å². The van der Waals surface area contributed by atoms with Gasteiger partial charge in [-0.1, -0.05) is 62.2 Å². The van der Waals surface area contributed by atoms with Crippen molar-refractivity contribution in [2.24, 2.45) is 0 Å². The average molecular weight is 388 g/mol. The van der Waals surface area contributed by atoms with E-state index in [1.54, 1.807) is 12.1 Å². The van der Waals surface area contributed by atoms with E-state index in [1.165, 1.54) is 17.4 Å². The Labute approximate surface area is 169 Å². The second-order valence-corrected chi connectivity index (χ2v) is 7.43. The molecule has 2 aromatic carbocycles. The second kappa shape index (κ2) is 9.68. The van der Waals surface area contributed by atoms with Crippen LogP contribution in [-0.2, 0) is 4.79 Å². The molecule has 0 fully saturated rings. The molecular formula is C24H21NO2S. The Morgan fingerprint density at radius 3 is 2.25 bits per heavy atom. The Balaban J connectivity index is 1.64. The third kappa shape index (κ3) is 5.18. The van der Waals surface area contributed by atoms with Gasteiger partial charge >= 0.3 is 5.97 Å². The van der Waals surface area contributed by atoms with Crippen LogP contribution in [0.4, 0.5) is 0 Å². The predicted octanol–water partition coefficient (Wildman–Crippen LogP) is 6.61. The van der Waals surface area contributed by atoms with E-state index in [-0.39, 0.29) is 5.97 Å². The van der Waals surface area contributed by atoms with Crippen molar-refractivity contribution in [1.82, 2.24) is 0 Å². The number of thiophene rings is 1. The summed E-state index contributed by atoms with van der Waals surface area (Å²) in [6.07, 6.45) is 6.42. The van der Waals surface area contributed by atoms with Crippen LogP contribution in [0.3, 0.4) is 0 Å². The van der Waals surface area contributed by atoms with E-state index >= 15 is 0 Å². The molecule has 0 spiro atoms. The number of carbonyl (C=O) groups is 1. The van der Waals surface area contributed by atoms with Crippen molar-refractivity contribution in [3.8, 4) is 33.4 Å². The Morgan fingerprint density at radius 2 is 1.64 bits per heavy atom. The summed E-state index contributed by atoms with van der Waals surface area (Å²) in [6, 6.07) is 21.7. The maximum absolute atomic E-state index is 11.8. The number of carbonyl (C=O) groups excluding carboxylic acids is 1. The van der Waals surface area contributed by atoms with Crippen LogP contribution >= 0.6 is 11.3 Å². The highest BCUT2D eigenvalue weighted by atomic mass is 32.1. The molecular weight excluding hydrogens is 366 g/mol. The molecule has 0 aliphatic heterocycles. The van der Waals surface area contributed by atoms with E-state index in [2.05, 4.69) is 37.3 Å². The van der Waals surface area contributed by atoms with Gasteiger partial charge in [0.05, 0.1) is 0 Å². The molecule has 140 valence electrons. The summed E-state index contributed by atoms with van der Waals surface area (Å²) >= 11 is 1.49. The van der Waals surface area contributed by atoms with Crippen LogP contribution in [0.5, 0.6) is 5.75 Å². The molecule has 0 saturated heterocycles. The number of nitrogens with zero attached hydrogens (tertiary/aromatic N) is 1. The molecule has 0 aliphatic rings. The monoisotopic (exact) mass is 387 g/mol. The van der Waals surface area contributed by atoms with Crippen LogP contribution in [0.2, 0.25) is 0 Å². The summed E-state index contributed by atoms with van der Waals surface area (Å²) in [4.78, 5) is 13.6. The fourth-order valence-electron chi connectivity index (χ4n) is 2.75. The highest BCUT2D eigenvalue weighted by Gasteiger charge is 2.05. The summed E-state index contributed by atoms with van der Waals surface area (Å²) < 4.78 is 5.32. The van der Waals surface area contributed by atoms with E-state index in [4.69, 9.17) is 10.00 Å². The Bertz CT molecular complexity index is 992. The molecule has 0 saturated carbocycles. The number of unbranched alkanes of at least 4 members (excludes halogenated alkanes) is 2. The fraction of sp³-hybridized carbons (Fsp3) is 0.167. The summed E-state index contributed by atoms with van der Waals surface area (Å²) in [6.45, 7) is 2.12. The summed E-state index contributed by atoms with van der Waals surface area (Å²) in [7, 11) is 0. The molecule has 1 aromatic heterocycles. The normalized spacial score (nSPS) is 10.7. The lowest BCUT2D eigenvalue weighted by molar-refractivity contribution is -0.129. The van der Waals surface area contributed by atoms with E-state index in [9.17, 15) is 4.79 Å². The third-order valence-corrected chi connectivity index (χ3v) is 5.31. The molecule has 0 amide bonds. The molecule has 1 heterocycles. The summed E-state index contributed by atoms with van der Waals surface area (Å²) in [5, 5.41) is 8.96. The quantitative estimate of drug-likeness (QED) is 0.198. The van der Waals surface area contributed by atoms with Gasteiger partial charge in [0.1, 0.15) is 16.7 Å². The maximum atomic E-state index is 11.8. The first-order chi connectivity index (χ1) is 13.7. The number of hydrogen-bond acceptors (Lipinski definition) is 4. The molecule has 0 bridgehead atoms. The molecule has 3 nitrogen and oxygen atoms in total. The number of allylic oxidation sites excluding steroid dienone is 1. The minimum Gasteiger partial charge on any atom is -0.423 e. The molecule has 3 aromatic rings. The van der Waals surface area contributed by atoms with Crippen molar-refractivity contribution in [3.05, 3.63) is 77.7 Å². The van der Waals surface area contributed by atoms with E-state index in [1.807, 2.05) is 30.3 Å². The van der Waals surface area contributed by atoms with Gasteiger partial charge in [-0.2, -0.15) is 5.26 Å². The standard InChI is InChI=1S/C24H21NO2S/c1-2-3-4-5-6-24(26)27-21-13-11-19(12-14-21)18-7-9-20(10-8-18)23-16-15-22(17-25)28-23/h5-16H,2-4H2,1H3/b6-5+. The zero-order chi connectivity index (χ0) is 19.8. The molecule has 0 atom stereocenters. The van der Waals surface area contributed by atoms with Crippen LogP contribution in [0, 0.1) is 11.3 Å². The van der Waals surface area contributed by atoms with Crippen LogP contribution in [0.25, 0.3) is 21.6 Å². The molecule has 0 unspecified atom stereocenters. The number of ether oxygens (including phenoxy) is 1. The topological polar surface area (TPSA) is 50.1 Å². The van der Waals surface area contributed by atoms with Crippen LogP contribution in [-0.4, -0.2) is 5.97 Å². The molecule has 4 heteroatoms. The first kappa shape index (κ1) is 19.6. The molecule has 0 aliphatic carbocycles. The van der Waals surface area contributed by atoms with Gasteiger partial charge in [0, 0.05) is 11.0 Å². The van der Waals surface area contributed by atoms with Crippen molar-refractivity contribution in [1.29, 1.82) is 5.26 Å². The molecule has 28 heavy (non-hydrogen) atoms. The predicted molar refractivity (Wildman–Crippen MR) is 114 cm³/mol. The second-order valence-electron chi connectivity index (χ2n) is 6.34. The minimum atomic E-state index is -0.346. The Kier molecular flexibility index (Phi) is 6.78. The van der Waals surface area contributed by atoms with Crippen molar-refractivity contribution < 1.29 is 9.53 Å². The lowest BCUT2D eigenvalue weighted by atomic mass is 10.0. The SMILES string of the molecule is CCCC/C=C/C(=O)Oc1ccc(-c2ccc(-c3ccc(C#N)s3)cc2)cc1. The zero-order valence-electron chi connectivity index (χ0n) is 15.7. The fourth-order valence-corrected chi connectivity index (χ4v) is 3.56. The summed E-state index contributed by atoms with van der Waals surface area (Å²) in [5.74, 6) is 0.189. The Morgan fingerprint density at radius 1 is 1.00 bits per heavy atom. The summed E-state index contributed by atoms with van der Waals surface area (Å²) in [5.41, 5.74) is 3.22. The lowest BCUT2D eigenvalue weighted by Crippen LogP contribution is -2.03. The van der Waals surface area contributed by atoms with E-state index in [0.29, 0.717) is 10.6 Å². The average Bonchev–Trinajstić information content (AvgIpc) is 3.21. The first-order valence-corrected chi connectivity index (χ1v) is 10.1. The molecule has 3 rings (SSSR count). The van der Waals surface area contributed by atoms with Crippen molar-refractivity contribution >= 4 is 17.3 Å². The van der Waals surface area contributed by atoms with Crippen molar-refractivity contribution in [3.63, 3.8) is 0 Å². The first-order valence-electron chi connectivity index (χ1n) is 9.29. The minimum absolute atomic E-state index is 0.346. The van der Waals surface area contributed by atoms with Gasteiger partial charge in [-0.05, 0) is 47.4 Å². The van der Waals surface area contributed by atoms with Gasteiger partial charge in [0.25, 0.3) is 0 Å². The van der Waals surface area contributed by atoms with Gasteiger partial charge in [0.15, 0.2) is 0 Å². The van der Waals surface area contributed by atoms with Crippen LogP contribution in [0.15, 0.2) is 72.8 Å². The third-order valence-electron chi connectivity index (χ3n) is 4.27. The van der Waals surface area contributed by atoms with Crippen molar-refractivity contribution in [2.45, 2.75) is 26.2 Å².